The minimum Gasteiger partial charge on any atom is -0.470 e. The monoisotopic (exact) mass is 282 g/mol. The molecule has 102 valence electrons. The molecule has 0 radical (unpaired) electrons. The highest BCUT2D eigenvalue weighted by Gasteiger charge is 2.10. The number of carbonyl (C=O) groups excluding carboxylic acids is 1. The molecule has 0 fully saturated rings. The maximum Gasteiger partial charge on any atom is 0.269 e. The second-order valence-corrected chi connectivity index (χ2v) is 4.41. The highest BCUT2D eigenvalue weighted by atomic mass is 32.1. The number of carbonyl (C=O) groups is 1. The number of anilines is 1. The molecule has 0 aliphatic rings. The van der Waals surface area contributed by atoms with Crippen LogP contribution in [0.2, 0.25) is 0 Å². The van der Waals surface area contributed by atoms with Crippen molar-refractivity contribution in [1.82, 2.24) is 0 Å². The summed E-state index contributed by atoms with van der Waals surface area (Å²) < 4.78 is 5.21. The van der Waals surface area contributed by atoms with Crippen molar-refractivity contribution in [2.24, 2.45) is 5.92 Å². The first-order valence-electron chi connectivity index (χ1n) is 5.59. The van der Waals surface area contributed by atoms with Crippen LogP contribution in [0.3, 0.4) is 0 Å². The standard InChI is InChI=1S/C12H14N2O4S/c1-8(9(2)15)7-18-12(19)13-10-3-5-11(6-4-10)14(16)17/h3-6,8H,7H2,1-2H3,(H,13,19). The van der Waals surface area contributed by atoms with Crippen molar-refractivity contribution in [3.05, 3.63) is 34.4 Å². The quantitative estimate of drug-likeness (QED) is 0.507. The van der Waals surface area contributed by atoms with Crippen molar-refractivity contribution >= 4 is 34.6 Å². The Morgan fingerprint density at radius 2 is 2.05 bits per heavy atom. The number of non-ortho nitro benzene ring substituents is 1. The lowest BCUT2D eigenvalue weighted by Gasteiger charge is -2.12. The van der Waals surface area contributed by atoms with Gasteiger partial charge in [-0.2, -0.15) is 0 Å². The third kappa shape index (κ3) is 5.01. The second kappa shape index (κ2) is 6.79. The minimum atomic E-state index is -0.479. The van der Waals surface area contributed by atoms with Gasteiger partial charge in [-0.05, 0) is 31.3 Å². The normalized spacial score (nSPS) is 11.5. The molecule has 1 unspecified atom stereocenters. The van der Waals surface area contributed by atoms with E-state index in [1.165, 1.54) is 31.2 Å². The van der Waals surface area contributed by atoms with Gasteiger partial charge in [0, 0.05) is 23.7 Å². The molecular formula is C12H14N2O4S. The average molecular weight is 282 g/mol. The maximum atomic E-state index is 11.0. The Morgan fingerprint density at radius 3 is 2.53 bits per heavy atom. The van der Waals surface area contributed by atoms with E-state index in [4.69, 9.17) is 17.0 Å². The van der Waals surface area contributed by atoms with Crippen LogP contribution < -0.4 is 5.32 Å². The molecule has 19 heavy (non-hydrogen) atoms. The van der Waals surface area contributed by atoms with Crippen molar-refractivity contribution in [3.8, 4) is 0 Å². The number of nitro benzene ring substituents is 1. The molecule has 0 aromatic heterocycles. The summed E-state index contributed by atoms with van der Waals surface area (Å²) >= 11 is 4.95. The van der Waals surface area contributed by atoms with Crippen molar-refractivity contribution < 1.29 is 14.5 Å². The van der Waals surface area contributed by atoms with Gasteiger partial charge in [-0.25, -0.2) is 0 Å². The fraction of sp³-hybridized carbons (Fsp3) is 0.333. The van der Waals surface area contributed by atoms with E-state index < -0.39 is 4.92 Å². The van der Waals surface area contributed by atoms with E-state index in [2.05, 4.69) is 5.32 Å². The molecule has 1 aromatic carbocycles. The number of rotatable bonds is 5. The zero-order valence-corrected chi connectivity index (χ0v) is 11.4. The average Bonchev–Trinajstić information content (AvgIpc) is 2.36. The van der Waals surface area contributed by atoms with Gasteiger partial charge < -0.3 is 10.1 Å². The van der Waals surface area contributed by atoms with Crippen LogP contribution in [0, 0.1) is 16.0 Å². The molecule has 1 atom stereocenters. The van der Waals surface area contributed by atoms with Crippen LogP contribution in [0.25, 0.3) is 0 Å². The van der Waals surface area contributed by atoms with Gasteiger partial charge >= 0.3 is 0 Å². The Morgan fingerprint density at radius 1 is 1.47 bits per heavy atom. The summed E-state index contributed by atoms with van der Waals surface area (Å²) in [4.78, 5) is 21.0. The Bertz CT molecular complexity index is 487. The van der Waals surface area contributed by atoms with Gasteiger partial charge in [0.2, 0.25) is 0 Å². The zero-order valence-electron chi connectivity index (χ0n) is 10.6. The molecule has 1 aromatic rings. The van der Waals surface area contributed by atoms with Gasteiger partial charge in [-0.1, -0.05) is 6.92 Å². The van der Waals surface area contributed by atoms with Gasteiger partial charge in [-0.15, -0.1) is 0 Å². The number of nitro groups is 1. The summed E-state index contributed by atoms with van der Waals surface area (Å²) in [6.07, 6.45) is 0. The minimum absolute atomic E-state index is 0.00240. The van der Waals surface area contributed by atoms with E-state index in [9.17, 15) is 14.9 Å². The Labute approximate surface area is 115 Å². The lowest BCUT2D eigenvalue weighted by Crippen LogP contribution is -2.20. The number of benzene rings is 1. The SMILES string of the molecule is CC(=O)C(C)COC(=S)Nc1ccc([N+](=O)[O-])cc1. The number of thiocarbonyl (C=S) groups is 1. The molecule has 6 nitrogen and oxygen atoms in total. The first-order chi connectivity index (χ1) is 8.90. The summed E-state index contributed by atoms with van der Waals surface area (Å²) in [7, 11) is 0. The first-order valence-corrected chi connectivity index (χ1v) is 5.99. The molecule has 0 aliphatic heterocycles. The van der Waals surface area contributed by atoms with Crippen molar-refractivity contribution in [2.75, 3.05) is 11.9 Å². The van der Waals surface area contributed by atoms with Crippen LogP contribution in [0.5, 0.6) is 0 Å². The molecule has 0 saturated heterocycles. The number of hydrogen-bond acceptors (Lipinski definition) is 5. The number of nitrogens with one attached hydrogen (secondary N) is 1. The van der Waals surface area contributed by atoms with E-state index >= 15 is 0 Å². The van der Waals surface area contributed by atoms with Crippen LogP contribution in [0.4, 0.5) is 11.4 Å². The van der Waals surface area contributed by atoms with Gasteiger partial charge in [0.15, 0.2) is 0 Å². The summed E-state index contributed by atoms with van der Waals surface area (Å²) in [6, 6.07) is 5.79. The van der Waals surface area contributed by atoms with Crippen LogP contribution in [0.1, 0.15) is 13.8 Å². The predicted octanol–water partition coefficient (Wildman–Crippen LogP) is 2.53. The summed E-state index contributed by atoms with van der Waals surface area (Å²) in [5, 5.41) is 13.4. The number of ketones is 1. The number of Topliss-reactive ketones (excluding diaryl/α,β-unsaturated/α-hetero) is 1. The Kier molecular flexibility index (Phi) is 5.37. The third-order valence-electron chi connectivity index (χ3n) is 2.48. The van der Waals surface area contributed by atoms with Gasteiger partial charge in [-0.3, -0.25) is 14.9 Å². The number of ether oxygens (including phenoxy) is 1. The highest BCUT2D eigenvalue weighted by molar-refractivity contribution is 7.80. The molecule has 7 heteroatoms. The van der Waals surface area contributed by atoms with Crippen LogP contribution in [0.15, 0.2) is 24.3 Å². The molecule has 0 aliphatic carbocycles. The van der Waals surface area contributed by atoms with Crippen molar-refractivity contribution in [2.45, 2.75) is 13.8 Å². The Balaban J connectivity index is 2.48. The fourth-order valence-corrected chi connectivity index (χ4v) is 1.32. The van der Waals surface area contributed by atoms with E-state index in [1.54, 1.807) is 6.92 Å². The molecule has 0 bridgehead atoms. The van der Waals surface area contributed by atoms with Crippen LogP contribution >= 0.6 is 12.2 Å². The van der Waals surface area contributed by atoms with E-state index in [0.717, 1.165) is 0 Å². The summed E-state index contributed by atoms with van der Waals surface area (Å²) in [5.74, 6) is -0.199. The Hall–Kier alpha value is -2.02. The lowest BCUT2D eigenvalue weighted by molar-refractivity contribution is -0.384. The highest BCUT2D eigenvalue weighted by Crippen LogP contribution is 2.15. The molecular weight excluding hydrogens is 268 g/mol. The van der Waals surface area contributed by atoms with Crippen molar-refractivity contribution in [3.63, 3.8) is 0 Å². The largest absolute Gasteiger partial charge is 0.470 e. The molecule has 0 spiro atoms. The van der Waals surface area contributed by atoms with Crippen LogP contribution in [-0.4, -0.2) is 22.5 Å². The second-order valence-electron chi connectivity index (χ2n) is 4.04. The zero-order chi connectivity index (χ0) is 14.4. The first kappa shape index (κ1) is 15.0. The summed E-state index contributed by atoms with van der Waals surface area (Å²) in [5.41, 5.74) is 0.591. The molecule has 1 N–H and O–H groups in total. The van der Waals surface area contributed by atoms with Gasteiger partial charge in [0.25, 0.3) is 10.9 Å². The summed E-state index contributed by atoms with van der Waals surface area (Å²) in [6.45, 7) is 3.44. The van der Waals surface area contributed by atoms with E-state index in [-0.39, 0.29) is 29.2 Å². The van der Waals surface area contributed by atoms with Gasteiger partial charge in [0.05, 0.1) is 4.92 Å². The van der Waals surface area contributed by atoms with E-state index in [0.29, 0.717) is 5.69 Å². The fourth-order valence-electron chi connectivity index (χ4n) is 1.14. The molecule has 0 saturated carbocycles. The predicted molar refractivity (Wildman–Crippen MR) is 75.1 cm³/mol. The number of hydrogen-bond donors (Lipinski definition) is 1. The number of nitrogens with zero attached hydrogens (tertiary/aromatic N) is 1. The lowest BCUT2D eigenvalue weighted by atomic mass is 10.1. The molecule has 0 amide bonds. The van der Waals surface area contributed by atoms with Crippen LogP contribution in [-0.2, 0) is 9.53 Å². The maximum absolute atomic E-state index is 11.0. The third-order valence-corrected chi connectivity index (χ3v) is 2.70. The van der Waals surface area contributed by atoms with Crippen molar-refractivity contribution in [1.29, 1.82) is 0 Å². The van der Waals surface area contributed by atoms with E-state index in [1.807, 2.05) is 0 Å². The van der Waals surface area contributed by atoms with Gasteiger partial charge in [0.1, 0.15) is 12.4 Å². The molecule has 0 heterocycles. The smallest absolute Gasteiger partial charge is 0.269 e. The topological polar surface area (TPSA) is 81.5 Å². The molecule has 1 rings (SSSR count).